The number of hydrogen-bond donors (Lipinski definition) is 0. The van der Waals surface area contributed by atoms with Gasteiger partial charge in [-0.3, -0.25) is 4.40 Å². The summed E-state index contributed by atoms with van der Waals surface area (Å²) in [4.78, 5) is 4.79. The van der Waals surface area contributed by atoms with Gasteiger partial charge in [-0.05, 0) is 44.5 Å². The van der Waals surface area contributed by atoms with E-state index in [1.165, 1.54) is 0 Å². The fraction of sp³-hybridized carbons (Fsp3) is 0.222. The summed E-state index contributed by atoms with van der Waals surface area (Å²) in [6.07, 6.45) is 1.66. The zero-order chi connectivity index (χ0) is 17.9. The van der Waals surface area contributed by atoms with Gasteiger partial charge in [0.1, 0.15) is 5.69 Å². The third-order valence-electron chi connectivity index (χ3n) is 4.27. The van der Waals surface area contributed by atoms with Crippen molar-refractivity contribution in [1.82, 2.24) is 14.0 Å². The molecule has 0 aliphatic heterocycles. The molecule has 0 atom stereocenters. The summed E-state index contributed by atoms with van der Waals surface area (Å²) in [7, 11) is 1.86. The Hall–Kier alpha value is -2.62. The fourth-order valence-electron chi connectivity index (χ4n) is 3.07. The molecule has 0 unspecified atom stereocenters. The van der Waals surface area contributed by atoms with E-state index in [1.54, 1.807) is 12.3 Å². The number of pyridine rings is 1. The van der Waals surface area contributed by atoms with Crippen LogP contribution in [-0.2, 0) is 7.05 Å². The Labute approximate surface area is 133 Å². The van der Waals surface area contributed by atoms with Crippen molar-refractivity contribution in [3.63, 3.8) is 0 Å². The predicted molar refractivity (Wildman–Crippen MR) is 87.4 cm³/mol. The van der Waals surface area contributed by atoms with Gasteiger partial charge in [-0.2, -0.15) is 9.55 Å². The van der Waals surface area contributed by atoms with E-state index < -0.39 is 6.85 Å². The number of aromatic nitrogens is 4. The average molecular weight is 294 g/mol. The molecule has 0 radical (unpaired) electrons. The number of imidazole rings is 2. The van der Waals surface area contributed by atoms with Crippen LogP contribution in [0, 0.1) is 20.7 Å². The van der Waals surface area contributed by atoms with Gasteiger partial charge in [0, 0.05) is 10.2 Å². The molecule has 0 amide bonds. The van der Waals surface area contributed by atoms with Gasteiger partial charge in [0.25, 0.3) is 5.82 Å². The van der Waals surface area contributed by atoms with Crippen LogP contribution in [0.1, 0.15) is 21.1 Å². The van der Waals surface area contributed by atoms with Crippen LogP contribution in [0.3, 0.4) is 0 Å². The lowest BCUT2D eigenvalue weighted by Crippen LogP contribution is -2.34. The van der Waals surface area contributed by atoms with Crippen molar-refractivity contribution >= 4 is 16.8 Å². The zero-order valence-corrected chi connectivity index (χ0v) is 12.8. The van der Waals surface area contributed by atoms with Crippen LogP contribution >= 0.6 is 0 Å². The lowest BCUT2D eigenvalue weighted by molar-refractivity contribution is -0.666. The minimum Gasteiger partial charge on any atom is -0.259 e. The first-order chi connectivity index (χ1) is 11.8. The summed E-state index contributed by atoms with van der Waals surface area (Å²) in [5.41, 5.74) is 4.52. The van der Waals surface area contributed by atoms with E-state index in [4.69, 9.17) is 9.10 Å². The van der Waals surface area contributed by atoms with Gasteiger partial charge in [-0.15, -0.1) is 0 Å². The van der Waals surface area contributed by atoms with Crippen LogP contribution in [0.15, 0.2) is 42.6 Å². The predicted octanol–water partition coefficient (Wildman–Crippen LogP) is 3.03. The Bertz CT molecular complexity index is 1120. The monoisotopic (exact) mass is 294 g/mol. The molecule has 0 aliphatic carbocycles. The van der Waals surface area contributed by atoms with Crippen molar-refractivity contribution in [2.45, 2.75) is 20.7 Å². The van der Waals surface area contributed by atoms with Gasteiger partial charge in [0.2, 0.25) is 0 Å². The van der Waals surface area contributed by atoms with E-state index in [2.05, 4.69) is 28.9 Å². The summed E-state index contributed by atoms with van der Waals surface area (Å²) < 4.78 is 28.8. The number of aryl methyl sites for hydroxylation is 3. The number of rotatable bonds is 1. The van der Waals surface area contributed by atoms with Crippen molar-refractivity contribution in [1.29, 1.82) is 0 Å². The van der Waals surface area contributed by atoms with E-state index in [-0.39, 0.29) is 0 Å². The third kappa shape index (κ3) is 1.64. The van der Waals surface area contributed by atoms with Gasteiger partial charge in [0.05, 0.1) is 30.0 Å². The molecule has 3 heterocycles. The van der Waals surface area contributed by atoms with E-state index >= 15 is 0 Å². The highest BCUT2D eigenvalue weighted by atomic mass is 15.3. The van der Waals surface area contributed by atoms with Crippen LogP contribution in [0.2, 0.25) is 0 Å². The van der Waals surface area contributed by atoms with Crippen LogP contribution < -0.4 is 4.57 Å². The highest BCUT2D eigenvalue weighted by Crippen LogP contribution is 2.24. The van der Waals surface area contributed by atoms with E-state index in [0.717, 1.165) is 34.0 Å². The summed E-state index contributed by atoms with van der Waals surface area (Å²) in [6, 6.07) is 11.5. The number of fused-ring (bicyclic) bond motifs is 3. The highest BCUT2D eigenvalue weighted by molar-refractivity contribution is 5.80. The number of hydrogen-bond acceptors (Lipinski definition) is 1. The molecule has 0 bridgehead atoms. The SMILES string of the molecule is [2H]C([2H])([2H])c1ccc(-n2c(C)c(C)n3c4ccccc4nc23)[n+](C)c1. The normalized spacial score (nSPS) is 14.2. The molecule has 0 fully saturated rings. The first-order valence-electron chi connectivity index (χ1n) is 8.74. The molecule has 1 aromatic carbocycles. The van der Waals surface area contributed by atoms with E-state index in [9.17, 15) is 0 Å². The van der Waals surface area contributed by atoms with Crippen LogP contribution in [0.25, 0.3) is 22.6 Å². The molecule has 4 aromatic rings. The van der Waals surface area contributed by atoms with Gasteiger partial charge in [-0.25, -0.2) is 4.57 Å². The van der Waals surface area contributed by atoms with Gasteiger partial charge >= 0.3 is 5.78 Å². The van der Waals surface area contributed by atoms with Gasteiger partial charge < -0.3 is 0 Å². The third-order valence-corrected chi connectivity index (χ3v) is 4.27. The molecular weight excluding hydrogens is 272 g/mol. The highest BCUT2D eigenvalue weighted by Gasteiger charge is 2.24. The molecule has 4 rings (SSSR count). The van der Waals surface area contributed by atoms with E-state index in [0.29, 0.717) is 5.56 Å². The number of nitrogens with zero attached hydrogens (tertiary/aromatic N) is 4. The smallest absolute Gasteiger partial charge is 0.259 e. The second kappa shape index (κ2) is 4.44. The van der Waals surface area contributed by atoms with Crippen molar-refractivity contribution < 1.29 is 8.68 Å². The summed E-state index contributed by atoms with van der Waals surface area (Å²) in [5, 5.41) is 0. The first kappa shape index (κ1) is 10.2. The van der Waals surface area contributed by atoms with Crippen molar-refractivity contribution in [3.8, 4) is 5.82 Å². The molecule has 110 valence electrons. The van der Waals surface area contributed by atoms with Crippen molar-refractivity contribution in [2.75, 3.05) is 0 Å². The van der Waals surface area contributed by atoms with Gasteiger partial charge in [-0.1, -0.05) is 12.1 Å². The topological polar surface area (TPSA) is 26.1 Å². The second-order valence-corrected chi connectivity index (χ2v) is 5.63. The maximum Gasteiger partial charge on any atom is 0.312 e. The lowest BCUT2D eigenvalue weighted by Gasteiger charge is -2.03. The Morgan fingerprint density at radius 1 is 1.09 bits per heavy atom. The Balaban J connectivity index is 2.03. The number of benzene rings is 1. The first-order valence-corrected chi connectivity index (χ1v) is 7.24. The maximum atomic E-state index is 7.59. The summed E-state index contributed by atoms with van der Waals surface area (Å²) in [5.74, 6) is 1.70. The largest absolute Gasteiger partial charge is 0.312 e. The van der Waals surface area contributed by atoms with Crippen LogP contribution in [-0.4, -0.2) is 14.0 Å². The second-order valence-electron chi connectivity index (χ2n) is 5.63. The Morgan fingerprint density at radius 3 is 2.68 bits per heavy atom. The molecule has 0 aliphatic rings. The molecule has 3 aromatic heterocycles. The Morgan fingerprint density at radius 2 is 1.91 bits per heavy atom. The minimum absolute atomic E-state index is 0.324. The molecule has 4 heteroatoms. The molecule has 0 spiro atoms. The Kier molecular flexibility index (Phi) is 2.05. The quantitative estimate of drug-likeness (QED) is 0.496. The van der Waals surface area contributed by atoms with Gasteiger partial charge in [0.15, 0.2) is 0 Å². The molecule has 0 saturated heterocycles. The zero-order valence-electron chi connectivity index (χ0n) is 15.8. The molecule has 4 nitrogen and oxygen atoms in total. The van der Waals surface area contributed by atoms with Crippen LogP contribution in [0.5, 0.6) is 0 Å². The van der Waals surface area contributed by atoms with Crippen LogP contribution in [0.4, 0.5) is 0 Å². The number of para-hydroxylation sites is 2. The van der Waals surface area contributed by atoms with E-state index in [1.807, 2.05) is 35.9 Å². The van der Waals surface area contributed by atoms with Crippen molar-refractivity contribution in [2.24, 2.45) is 7.05 Å². The maximum absolute atomic E-state index is 7.59. The fourth-order valence-corrected chi connectivity index (χ4v) is 3.07. The summed E-state index contributed by atoms with van der Waals surface area (Å²) in [6.45, 7) is 2.01. The molecule has 0 N–H and O–H groups in total. The lowest BCUT2D eigenvalue weighted by atomic mass is 10.3. The average Bonchev–Trinajstić information content (AvgIpc) is 3.03. The minimum atomic E-state index is -2.12. The van der Waals surface area contributed by atoms with Crippen molar-refractivity contribution in [3.05, 3.63) is 59.5 Å². The molecule has 0 saturated carbocycles. The molecule has 22 heavy (non-hydrogen) atoms. The standard InChI is InChI=1S/C18H19N4/c1-12-9-10-17(20(4)11-12)22-14(3)13(2)21-16-8-6-5-7-15(16)19-18(21)22/h5-11H,1-4H3/q+1/i1D3. The summed E-state index contributed by atoms with van der Waals surface area (Å²) >= 11 is 0. The molecular formula is C18H19N4+.